The van der Waals surface area contributed by atoms with Crippen molar-refractivity contribution in [3.8, 4) is 11.1 Å². The molecule has 0 heterocycles. The van der Waals surface area contributed by atoms with Crippen LogP contribution in [0.2, 0.25) is 5.02 Å². The molecule has 120 valence electrons. The molecule has 0 aliphatic carbocycles. The van der Waals surface area contributed by atoms with Crippen LogP contribution in [0, 0.1) is 0 Å². The van der Waals surface area contributed by atoms with Crippen LogP contribution in [0.5, 0.6) is 0 Å². The van der Waals surface area contributed by atoms with E-state index < -0.39 is 0 Å². The highest BCUT2D eigenvalue weighted by Gasteiger charge is 2.01. The number of carbonyl (C=O) groups is 1. The average molecular weight is 355 g/mol. The van der Waals surface area contributed by atoms with Crippen LogP contribution in [0.25, 0.3) is 17.2 Å². The van der Waals surface area contributed by atoms with E-state index >= 15 is 0 Å². The second-order valence-corrected chi connectivity index (χ2v) is 5.63. The van der Waals surface area contributed by atoms with Gasteiger partial charge < -0.3 is 0 Å². The Morgan fingerprint density at radius 2 is 1.33 bits per heavy atom. The summed E-state index contributed by atoms with van der Waals surface area (Å²) in [6.45, 7) is 0. The molecule has 0 bridgehead atoms. The Labute approximate surface area is 153 Å². The fraction of sp³-hybridized carbons (Fsp3) is 0. The third kappa shape index (κ3) is 4.58. The molecule has 0 spiro atoms. The van der Waals surface area contributed by atoms with Gasteiger partial charge in [-0.2, -0.15) is 0 Å². The van der Waals surface area contributed by atoms with Crippen LogP contribution in [0.15, 0.2) is 84.9 Å². The summed E-state index contributed by atoms with van der Waals surface area (Å²) in [6, 6.07) is 25.2. The summed E-state index contributed by atoms with van der Waals surface area (Å²) < 4.78 is 0. The van der Waals surface area contributed by atoms with Crippen molar-refractivity contribution in [1.29, 1.82) is 0 Å². The number of rotatable bonds is 4. The van der Waals surface area contributed by atoms with Crippen molar-refractivity contribution in [3.63, 3.8) is 0 Å². The van der Waals surface area contributed by atoms with Gasteiger partial charge in [0, 0.05) is 10.6 Å². The van der Waals surface area contributed by atoms with Gasteiger partial charge in [-0.25, -0.2) is 0 Å². The Kier molecular flexibility index (Phi) is 6.36. The van der Waals surface area contributed by atoms with Crippen molar-refractivity contribution in [2.24, 2.45) is 0 Å². The summed E-state index contributed by atoms with van der Waals surface area (Å²) in [5, 5.41) is 0.627. The lowest BCUT2D eigenvalue weighted by Crippen LogP contribution is -1.93. The van der Waals surface area contributed by atoms with Crippen LogP contribution in [-0.4, -0.2) is 5.78 Å². The second-order valence-electron chi connectivity index (χ2n) is 5.19. The maximum Gasteiger partial charge on any atom is 0.185 e. The fourth-order valence-electron chi connectivity index (χ4n) is 2.30. The number of hydrogen-bond donors (Lipinski definition) is 0. The Morgan fingerprint density at radius 1 is 0.750 bits per heavy atom. The average Bonchev–Trinajstić information content (AvgIpc) is 2.61. The number of ketones is 1. The molecule has 0 unspecified atom stereocenters. The molecule has 3 rings (SSSR count). The van der Waals surface area contributed by atoms with E-state index in [-0.39, 0.29) is 18.2 Å². The molecule has 0 N–H and O–H groups in total. The van der Waals surface area contributed by atoms with Crippen molar-refractivity contribution in [1.82, 2.24) is 0 Å². The van der Waals surface area contributed by atoms with E-state index in [4.69, 9.17) is 11.6 Å². The molecule has 0 fully saturated rings. The first kappa shape index (κ1) is 18.0. The van der Waals surface area contributed by atoms with Crippen LogP contribution in [0.4, 0.5) is 0 Å². The van der Waals surface area contributed by atoms with E-state index in [2.05, 4.69) is 24.3 Å². The van der Waals surface area contributed by atoms with Gasteiger partial charge >= 0.3 is 0 Å². The van der Waals surface area contributed by atoms with Gasteiger partial charge in [0.15, 0.2) is 5.78 Å². The van der Waals surface area contributed by atoms with Crippen molar-refractivity contribution in [2.45, 2.75) is 0 Å². The molecule has 3 heteroatoms. The Bertz CT molecular complexity index is 820. The number of allylic oxidation sites excluding steroid dienone is 1. The number of hydrogen-bond acceptors (Lipinski definition) is 1. The van der Waals surface area contributed by atoms with Crippen LogP contribution in [-0.2, 0) is 0 Å². The monoisotopic (exact) mass is 354 g/mol. The first-order valence-electron chi connectivity index (χ1n) is 7.36. The Hall–Kier alpha value is -2.35. The van der Waals surface area contributed by atoms with Gasteiger partial charge in [-0.15, -0.1) is 12.4 Å². The number of carbonyl (C=O) groups excluding carboxylic acids is 1. The minimum Gasteiger partial charge on any atom is -0.289 e. The predicted molar refractivity (Wildman–Crippen MR) is 104 cm³/mol. The molecule has 0 radical (unpaired) electrons. The van der Waals surface area contributed by atoms with Gasteiger partial charge in [0.1, 0.15) is 0 Å². The standard InChI is InChI=1S/C21H15ClO.ClH/c22-20-13-11-19(12-14-20)21(23)15-8-16-6-9-18(10-7-16)17-4-2-1-3-5-17;/h1-15H;1H. The molecule has 0 saturated heterocycles. The smallest absolute Gasteiger partial charge is 0.185 e. The largest absolute Gasteiger partial charge is 0.289 e. The predicted octanol–water partition coefficient (Wildman–Crippen LogP) is 6.32. The molecule has 0 saturated carbocycles. The zero-order valence-corrected chi connectivity index (χ0v) is 14.4. The molecule has 3 aromatic rings. The van der Waals surface area contributed by atoms with Gasteiger partial charge in [-0.3, -0.25) is 4.79 Å². The van der Waals surface area contributed by atoms with Crippen LogP contribution < -0.4 is 0 Å². The number of benzene rings is 3. The van der Waals surface area contributed by atoms with E-state index in [1.54, 1.807) is 30.3 Å². The Balaban J connectivity index is 0.00000208. The molecular formula is C21H16Cl2O. The maximum atomic E-state index is 12.1. The second kappa shape index (κ2) is 8.49. The van der Waals surface area contributed by atoms with E-state index in [9.17, 15) is 4.79 Å². The molecule has 0 amide bonds. The van der Waals surface area contributed by atoms with Gasteiger partial charge in [0.25, 0.3) is 0 Å². The first-order valence-corrected chi connectivity index (χ1v) is 7.74. The number of halogens is 2. The van der Waals surface area contributed by atoms with Crippen LogP contribution in [0.1, 0.15) is 15.9 Å². The van der Waals surface area contributed by atoms with Crippen LogP contribution in [0.3, 0.4) is 0 Å². The molecule has 0 aliphatic heterocycles. The normalized spacial score (nSPS) is 10.4. The molecular weight excluding hydrogens is 339 g/mol. The summed E-state index contributed by atoms with van der Waals surface area (Å²) in [7, 11) is 0. The van der Waals surface area contributed by atoms with Crippen LogP contribution >= 0.6 is 24.0 Å². The van der Waals surface area contributed by atoms with Gasteiger partial charge in [0.2, 0.25) is 0 Å². The Morgan fingerprint density at radius 3 is 1.96 bits per heavy atom. The molecule has 0 aromatic heterocycles. The zero-order valence-electron chi connectivity index (χ0n) is 12.9. The summed E-state index contributed by atoms with van der Waals surface area (Å²) in [6.07, 6.45) is 3.41. The summed E-state index contributed by atoms with van der Waals surface area (Å²) in [5.41, 5.74) is 3.96. The molecule has 1 nitrogen and oxygen atoms in total. The van der Waals surface area contributed by atoms with Gasteiger partial charge in [0.05, 0.1) is 0 Å². The zero-order chi connectivity index (χ0) is 16.1. The molecule has 3 aromatic carbocycles. The quantitative estimate of drug-likeness (QED) is 0.395. The van der Waals surface area contributed by atoms with Crippen molar-refractivity contribution in [2.75, 3.05) is 0 Å². The van der Waals surface area contributed by atoms with Crippen molar-refractivity contribution < 1.29 is 4.79 Å². The molecule has 0 aliphatic rings. The lowest BCUT2D eigenvalue weighted by molar-refractivity contribution is 0.104. The van der Waals surface area contributed by atoms with E-state index in [1.807, 2.05) is 36.4 Å². The highest BCUT2D eigenvalue weighted by molar-refractivity contribution is 6.30. The fourth-order valence-corrected chi connectivity index (χ4v) is 2.43. The summed E-state index contributed by atoms with van der Waals surface area (Å²) in [4.78, 5) is 12.1. The maximum absolute atomic E-state index is 12.1. The molecule has 0 atom stereocenters. The lowest BCUT2D eigenvalue weighted by Gasteiger charge is -2.02. The third-order valence-corrected chi connectivity index (χ3v) is 3.83. The van der Waals surface area contributed by atoms with Crippen molar-refractivity contribution >= 4 is 35.9 Å². The minimum atomic E-state index is -0.0335. The van der Waals surface area contributed by atoms with E-state index in [1.165, 1.54) is 5.56 Å². The summed E-state index contributed by atoms with van der Waals surface area (Å²) >= 11 is 5.83. The van der Waals surface area contributed by atoms with Crippen molar-refractivity contribution in [3.05, 3.63) is 101 Å². The summed E-state index contributed by atoms with van der Waals surface area (Å²) in [5.74, 6) is -0.0335. The van der Waals surface area contributed by atoms with Gasteiger partial charge in [-0.05, 0) is 47.0 Å². The molecule has 24 heavy (non-hydrogen) atoms. The SMILES string of the molecule is Cl.O=C(C=Cc1ccc(-c2ccccc2)cc1)c1ccc(Cl)cc1. The minimum absolute atomic E-state index is 0. The van der Waals surface area contributed by atoms with Gasteiger partial charge in [-0.1, -0.05) is 72.3 Å². The highest BCUT2D eigenvalue weighted by atomic mass is 35.5. The topological polar surface area (TPSA) is 17.1 Å². The third-order valence-electron chi connectivity index (χ3n) is 3.57. The lowest BCUT2D eigenvalue weighted by atomic mass is 10.0. The van der Waals surface area contributed by atoms with E-state index in [0.29, 0.717) is 10.6 Å². The first-order chi connectivity index (χ1) is 11.2. The van der Waals surface area contributed by atoms with E-state index in [0.717, 1.165) is 11.1 Å². The highest BCUT2D eigenvalue weighted by Crippen LogP contribution is 2.19.